The maximum Gasteiger partial charge on any atom is 0.225 e. The van der Waals surface area contributed by atoms with Crippen molar-refractivity contribution in [3.63, 3.8) is 0 Å². The fraction of sp³-hybridized carbons (Fsp3) is 0.500. The summed E-state index contributed by atoms with van der Waals surface area (Å²) >= 11 is 0. The van der Waals surface area contributed by atoms with Crippen molar-refractivity contribution >= 4 is 16.8 Å². The summed E-state index contributed by atoms with van der Waals surface area (Å²) < 4.78 is 15.5. The summed E-state index contributed by atoms with van der Waals surface area (Å²) in [5.41, 5.74) is 2.13. The molecule has 2 aliphatic heterocycles. The number of H-pyrrole nitrogens is 1. The summed E-state index contributed by atoms with van der Waals surface area (Å²) in [7, 11) is 0. The average molecular weight is 382 g/mol. The second kappa shape index (κ2) is 7.00. The van der Waals surface area contributed by atoms with Gasteiger partial charge in [-0.1, -0.05) is 0 Å². The summed E-state index contributed by atoms with van der Waals surface area (Å²) in [6, 6.07) is 4.87. The van der Waals surface area contributed by atoms with Gasteiger partial charge in [0.1, 0.15) is 5.82 Å². The highest BCUT2D eigenvalue weighted by Crippen LogP contribution is 2.34. The number of carbonyl (C=O) groups excluding carboxylic acids is 1. The van der Waals surface area contributed by atoms with E-state index in [9.17, 15) is 9.18 Å². The summed E-state index contributed by atoms with van der Waals surface area (Å²) in [6.07, 6.45) is 6.17. The molecule has 2 aromatic heterocycles. The predicted molar refractivity (Wildman–Crippen MR) is 101 cm³/mol. The molecule has 1 N–H and O–H groups in total. The van der Waals surface area contributed by atoms with Gasteiger partial charge in [-0.25, -0.2) is 9.07 Å². The van der Waals surface area contributed by atoms with Gasteiger partial charge in [0.05, 0.1) is 0 Å². The van der Waals surface area contributed by atoms with Crippen molar-refractivity contribution in [2.45, 2.75) is 44.6 Å². The molecular formula is C20H23FN6O. The van der Waals surface area contributed by atoms with Gasteiger partial charge in [0.15, 0.2) is 5.82 Å². The molecule has 1 atom stereocenters. The van der Waals surface area contributed by atoms with Crippen LogP contribution in [0.4, 0.5) is 4.39 Å². The van der Waals surface area contributed by atoms with E-state index in [1.54, 1.807) is 12.1 Å². The molecule has 0 spiro atoms. The SMILES string of the molecule is O=C(C1CCc2nnnn2CC1)N1CCC(c2c[nH]c3ccc(F)cc23)CC1. The summed E-state index contributed by atoms with van der Waals surface area (Å²) in [6.45, 7) is 2.22. The molecule has 0 saturated carbocycles. The summed E-state index contributed by atoms with van der Waals surface area (Å²) in [5, 5.41) is 12.7. The van der Waals surface area contributed by atoms with E-state index in [4.69, 9.17) is 0 Å². The zero-order valence-corrected chi connectivity index (χ0v) is 15.6. The maximum atomic E-state index is 13.7. The van der Waals surface area contributed by atoms with Gasteiger partial charge in [-0.3, -0.25) is 4.79 Å². The Hall–Kier alpha value is -2.77. The zero-order valence-electron chi connectivity index (χ0n) is 15.6. The Bertz CT molecular complexity index is 981. The molecule has 5 rings (SSSR count). The van der Waals surface area contributed by atoms with Crippen LogP contribution in [0, 0.1) is 11.7 Å². The number of aryl methyl sites for hydroxylation is 2. The van der Waals surface area contributed by atoms with Crippen LogP contribution in [0.5, 0.6) is 0 Å². The van der Waals surface area contributed by atoms with Gasteiger partial charge in [0, 0.05) is 49.1 Å². The fourth-order valence-electron chi connectivity index (χ4n) is 4.67. The first kappa shape index (κ1) is 17.3. The predicted octanol–water partition coefficient (Wildman–Crippen LogP) is 2.65. The number of piperidine rings is 1. The van der Waals surface area contributed by atoms with Gasteiger partial charge >= 0.3 is 0 Å². The molecule has 0 bridgehead atoms. The van der Waals surface area contributed by atoms with Crippen LogP contribution in [-0.2, 0) is 17.8 Å². The third kappa shape index (κ3) is 3.06. The van der Waals surface area contributed by atoms with E-state index in [-0.39, 0.29) is 17.6 Å². The second-order valence-corrected chi connectivity index (χ2v) is 7.88. The van der Waals surface area contributed by atoms with Crippen molar-refractivity contribution in [1.29, 1.82) is 0 Å². The highest BCUT2D eigenvalue weighted by atomic mass is 19.1. The van der Waals surface area contributed by atoms with Crippen molar-refractivity contribution in [2.75, 3.05) is 13.1 Å². The van der Waals surface area contributed by atoms with Crippen molar-refractivity contribution < 1.29 is 9.18 Å². The zero-order chi connectivity index (χ0) is 19.1. The Kier molecular flexibility index (Phi) is 4.33. The lowest BCUT2D eigenvalue weighted by Gasteiger charge is -2.34. The lowest BCUT2D eigenvalue weighted by molar-refractivity contribution is -0.137. The lowest BCUT2D eigenvalue weighted by atomic mass is 9.88. The minimum absolute atomic E-state index is 0.0298. The molecule has 8 heteroatoms. The highest BCUT2D eigenvalue weighted by molar-refractivity contribution is 5.84. The number of benzene rings is 1. The first-order valence-corrected chi connectivity index (χ1v) is 9.99. The number of carbonyl (C=O) groups is 1. The van der Waals surface area contributed by atoms with Crippen LogP contribution in [-0.4, -0.2) is 49.1 Å². The Morgan fingerprint density at radius 1 is 1.14 bits per heavy atom. The van der Waals surface area contributed by atoms with E-state index >= 15 is 0 Å². The molecular weight excluding hydrogens is 359 g/mol. The molecule has 7 nitrogen and oxygen atoms in total. The molecule has 1 saturated heterocycles. The first-order chi connectivity index (χ1) is 13.7. The smallest absolute Gasteiger partial charge is 0.225 e. The van der Waals surface area contributed by atoms with E-state index < -0.39 is 0 Å². The largest absolute Gasteiger partial charge is 0.361 e. The summed E-state index contributed by atoms with van der Waals surface area (Å²) in [4.78, 5) is 18.3. The number of amides is 1. The molecule has 1 fully saturated rings. The van der Waals surface area contributed by atoms with Gasteiger partial charge in [-0.2, -0.15) is 0 Å². The average Bonchev–Trinajstić information content (AvgIpc) is 3.29. The summed E-state index contributed by atoms with van der Waals surface area (Å²) in [5.74, 6) is 1.30. The molecule has 3 aromatic rings. The van der Waals surface area contributed by atoms with Gasteiger partial charge in [0.25, 0.3) is 0 Å². The topological polar surface area (TPSA) is 79.7 Å². The fourth-order valence-corrected chi connectivity index (χ4v) is 4.67. The monoisotopic (exact) mass is 382 g/mol. The minimum Gasteiger partial charge on any atom is -0.361 e. The Balaban J connectivity index is 1.23. The van der Waals surface area contributed by atoms with Crippen molar-refractivity contribution in [3.8, 4) is 0 Å². The number of hydrogen-bond donors (Lipinski definition) is 1. The van der Waals surface area contributed by atoms with E-state index in [2.05, 4.69) is 20.5 Å². The van der Waals surface area contributed by atoms with Crippen LogP contribution in [0.2, 0.25) is 0 Å². The number of fused-ring (bicyclic) bond motifs is 2. The van der Waals surface area contributed by atoms with Crippen molar-refractivity contribution in [1.82, 2.24) is 30.1 Å². The third-order valence-corrected chi connectivity index (χ3v) is 6.28. The normalized spacial score (nSPS) is 20.9. The molecule has 1 amide bonds. The van der Waals surface area contributed by atoms with Crippen LogP contribution in [0.25, 0.3) is 10.9 Å². The van der Waals surface area contributed by atoms with Gasteiger partial charge in [0.2, 0.25) is 5.91 Å². The number of rotatable bonds is 2. The number of halogens is 1. The number of nitrogens with one attached hydrogen (secondary N) is 1. The van der Waals surface area contributed by atoms with Crippen LogP contribution in [0.3, 0.4) is 0 Å². The first-order valence-electron chi connectivity index (χ1n) is 9.99. The Morgan fingerprint density at radius 3 is 2.86 bits per heavy atom. The van der Waals surface area contributed by atoms with Gasteiger partial charge < -0.3 is 9.88 Å². The number of tetrazole rings is 1. The molecule has 2 aliphatic rings. The molecule has 146 valence electrons. The van der Waals surface area contributed by atoms with Crippen molar-refractivity contribution in [3.05, 3.63) is 41.6 Å². The standard InChI is InChI=1S/C20H23FN6O/c21-15-2-3-18-16(11-15)17(12-22-18)13-5-8-26(9-6-13)20(28)14-1-4-19-23-24-25-27(19)10-7-14/h2-3,11-14,22H,1,4-10H2. The Morgan fingerprint density at radius 2 is 2.00 bits per heavy atom. The van der Waals surface area contributed by atoms with Crippen LogP contribution >= 0.6 is 0 Å². The quantitative estimate of drug-likeness (QED) is 0.739. The number of likely N-dealkylation sites (tertiary alicyclic amines) is 1. The van der Waals surface area contributed by atoms with E-state index in [0.717, 1.165) is 61.9 Å². The van der Waals surface area contributed by atoms with Crippen LogP contribution in [0.15, 0.2) is 24.4 Å². The number of nitrogens with zero attached hydrogens (tertiary/aromatic N) is 5. The van der Waals surface area contributed by atoms with Gasteiger partial charge in [-0.05, 0) is 65.8 Å². The Labute approximate surface area is 161 Å². The molecule has 4 heterocycles. The molecule has 1 aromatic carbocycles. The van der Waals surface area contributed by atoms with E-state index in [0.29, 0.717) is 12.5 Å². The lowest BCUT2D eigenvalue weighted by Crippen LogP contribution is -2.41. The van der Waals surface area contributed by atoms with E-state index in [1.165, 1.54) is 11.6 Å². The number of aromatic amines is 1. The number of hydrogen-bond acceptors (Lipinski definition) is 4. The third-order valence-electron chi connectivity index (χ3n) is 6.28. The molecule has 0 aliphatic carbocycles. The van der Waals surface area contributed by atoms with Crippen LogP contribution in [0.1, 0.15) is 43.0 Å². The number of aromatic nitrogens is 5. The van der Waals surface area contributed by atoms with Crippen molar-refractivity contribution in [2.24, 2.45) is 5.92 Å². The second-order valence-electron chi connectivity index (χ2n) is 7.88. The molecule has 28 heavy (non-hydrogen) atoms. The molecule has 0 radical (unpaired) electrons. The molecule has 1 unspecified atom stereocenters. The van der Waals surface area contributed by atoms with Gasteiger partial charge in [-0.15, -0.1) is 5.10 Å². The van der Waals surface area contributed by atoms with Crippen LogP contribution < -0.4 is 0 Å². The highest BCUT2D eigenvalue weighted by Gasteiger charge is 2.31. The minimum atomic E-state index is -0.209. The van der Waals surface area contributed by atoms with E-state index in [1.807, 2.05) is 15.8 Å². The maximum absolute atomic E-state index is 13.7.